The van der Waals surface area contributed by atoms with Gasteiger partial charge in [0.15, 0.2) is 11.5 Å². The molecule has 2 aromatic carbocycles. The van der Waals surface area contributed by atoms with Gasteiger partial charge in [-0.2, -0.15) is 0 Å². The fourth-order valence-corrected chi connectivity index (χ4v) is 2.80. The van der Waals surface area contributed by atoms with E-state index in [0.717, 1.165) is 21.5 Å². The Morgan fingerprint density at radius 2 is 1.92 bits per heavy atom. The molecule has 0 bridgehead atoms. The van der Waals surface area contributed by atoms with Crippen LogP contribution in [0.3, 0.4) is 0 Å². The van der Waals surface area contributed by atoms with Crippen molar-refractivity contribution >= 4 is 21.6 Å². The molecule has 0 aromatic heterocycles. The Morgan fingerprint density at radius 3 is 2.54 bits per heavy atom. The summed E-state index contributed by atoms with van der Waals surface area (Å²) >= 11 is 3.54. The molecule has 5 heteroatoms. The van der Waals surface area contributed by atoms with Gasteiger partial charge >= 0.3 is 0 Å². The number of ether oxygens (including phenoxy) is 3. The van der Waals surface area contributed by atoms with Crippen molar-refractivity contribution in [1.82, 2.24) is 0 Å². The second-order valence-electron chi connectivity index (χ2n) is 5.02. The standard InChI is InChI=1S/C19H22BrNO3/c1-4-10-24-19-17(20)11-14(12-18(19)22-3)13-21-15-6-8-16(9-7-15)23-5-2/h4,6-9,11-12,21H,1,5,10,13H2,2-3H3. The predicted molar refractivity (Wildman–Crippen MR) is 101 cm³/mol. The Morgan fingerprint density at radius 1 is 1.17 bits per heavy atom. The monoisotopic (exact) mass is 391 g/mol. The van der Waals surface area contributed by atoms with Crippen LogP contribution in [0, 0.1) is 0 Å². The molecule has 24 heavy (non-hydrogen) atoms. The minimum absolute atomic E-state index is 0.429. The summed E-state index contributed by atoms with van der Waals surface area (Å²) in [7, 11) is 1.63. The van der Waals surface area contributed by atoms with Crippen molar-refractivity contribution in [2.75, 3.05) is 25.6 Å². The van der Waals surface area contributed by atoms with Crippen molar-refractivity contribution in [1.29, 1.82) is 0 Å². The summed E-state index contributed by atoms with van der Waals surface area (Å²) in [5, 5.41) is 3.38. The number of benzene rings is 2. The van der Waals surface area contributed by atoms with E-state index < -0.39 is 0 Å². The van der Waals surface area contributed by atoms with E-state index >= 15 is 0 Å². The fourth-order valence-electron chi connectivity index (χ4n) is 2.20. The number of methoxy groups -OCH3 is 1. The van der Waals surface area contributed by atoms with Crippen LogP contribution in [0.15, 0.2) is 53.5 Å². The van der Waals surface area contributed by atoms with Crippen molar-refractivity contribution < 1.29 is 14.2 Å². The first-order chi connectivity index (χ1) is 11.7. The largest absolute Gasteiger partial charge is 0.494 e. The topological polar surface area (TPSA) is 39.7 Å². The van der Waals surface area contributed by atoms with Crippen LogP contribution >= 0.6 is 15.9 Å². The fraction of sp³-hybridized carbons (Fsp3) is 0.263. The highest BCUT2D eigenvalue weighted by Gasteiger charge is 2.11. The van der Waals surface area contributed by atoms with Crippen molar-refractivity contribution in [3.8, 4) is 17.2 Å². The van der Waals surface area contributed by atoms with Crippen LogP contribution in [0.4, 0.5) is 5.69 Å². The van der Waals surface area contributed by atoms with Gasteiger partial charge in [0.2, 0.25) is 0 Å². The second-order valence-corrected chi connectivity index (χ2v) is 5.87. The Bertz CT molecular complexity index is 671. The molecule has 128 valence electrons. The van der Waals surface area contributed by atoms with Gasteiger partial charge in [-0.3, -0.25) is 0 Å². The van der Waals surface area contributed by atoms with E-state index in [1.54, 1.807) is 13.2 Å². The molecular weight excluding hydrogens is 370 g/mol. The molecule has 1 N–H and O–H groups in total. The first kappa shape index (κ1) is 18.2. The molecular formula is C19H22BrNO3. The third-order valence-corrected chi connectivity index (χ3v) is 3.89. The summed E-state index contributed by atoms with van der Waals surface area (Å²) in [4.78, 5) is 0. The van der Waals surface area contributed by atoms with Gasteiger partial charge in [-0.1, -0.05) is 12.7 Å². The molecule has 4 nitrogen and oxygen atoms in total. The summed E-state index contributed by atoms with van der Waals surface area (Å²) in [6, 6.07) is 11.9. The maximum Gasteiger partial charge on any atom is 0.175 e. The van der Waals surface area contributed by atoms with Crippen LogP contribution in [0.25, 0.3) is 0 Å². The molecule has 0 atom stereocenters. The maximum atomic E-state index is 5.64. The zero-order valence-electron chi connectivity index (χ0n) is 14.0. The maximum absolute atomic E-state index is 5.64. The summed E-state index contributed by atoms with van der Waals surface area (Å²) in [6.45, 7) is 7.40. The Kier molecular flexibility index (Phi) is 7.00. The third-order valence-electron chi connectivity index (χ3n) is 3.30. The van der Waals surface area contributed by atoms with E-state index in [9.17, 15) is 0 Å². The normalized spacial score (nSPS) is 10.1. The van der Waals surface area contributed by atoms with E-state index in [0.29, 0.717) is 31.3 Å². The van der Waals surface area contributed by atoms with Gasteiger partial charge in [-0.25, -0.2) is 0 Å². The third kappa shape index (κ3) is 4.93. The highest BCUT2D eigenvalue weighted by molar-refractivity contribution is 9.10. The Balaban J connectivity index is 2.06. The number of hydrogen-bond donors (Lipinski definition) is 1. The van der Waals surface area contributed by atoms with Crippen LogP contribution in [0.1, 0.15) is 12.5 Å². The molecule has 0 unspecified atom stereocenters. The van der Waals surface area contributed by atoms with E-state index in [1.165, 1.54) is 0 Å². The molecule has 0 amide bonds. The molecule has 0 aliphatic heterocycles. The number of hydrogen-bond acceptors (Lipinski definition) is 4. The smallest absolute Gasteiger partial charge is 0.175 e. The second kappa shape index (κ2) is 9.23. The number of nitrogens with one attached hydrogen (secondary N) is 1. The Labute approximate surface area is 151 Å². The van der Waals surface area contributed by atoms with Gasteiger partial charge in [0.05, 0.1) is 18.2 Å². The minimum Gasteiger partial charge on any atom is -0.494 e. The first-order valence-electron chi connectivity index (χ1n) is 7.74. The lowest BCUT2D eigenvalue weighted by Crippen LogP contribution is -2.02. The van der Waals surface area contributed by atoms with Crippen LogP contribution in [-0.4, -0.2) is 20.3 Å². The van der Waals surface area contributed by atoms with Gasteiger partial charge < -0.3 is 19.5 Å². The SMILES string of the molecule is C=CCOc1c(Br)cc(CNc2ccc(OCC)cc2)cc1OC. The molecule has 0 saturated heterocycles. The van der Waals surface area contributed by atoms with Crippen molar-refractivity contribution in [2.45, 2.75) is 13.5 Å². The lowest BCUT2D eigenvalue weighted by atomic mass is 10.2. The number of rotatable bonds is 9. The summed E-state index contributed by atoms with van der Waals surface area (Å²) in [5.74, 6) is 2.24. The minimum atomic E-state index is 0.429. The predicted octanol–water partition coefficient (Wildman–Crippen LogP) is 5.03. The zero-order chi connectivity index (χ0) is 17.4. The first-order valence-corrected chi connectivity index (χ1v) is 8.54. The quantitative estimate of drug-likeness (QED) is 0.608. The van der Waals surface area contributed by atoms with Crippen molar-refractivity contribution in [2.24, 2.45) is 0 Å². The van der Waals surface area contributed by atoms with Crippen LogP contribution in [0.5, 0.6) is 17.2 Å². The van der Waals surface area contributed by atoms with Crippen molar-refractivity contribution in [3.05, 3.63) is 59.1 Å². The molecule has 0 saturated carbocycles. The molecule has 0 radical (unpaired) electrons. The summed E-state index contributed by atoms with van der Waals surface area (Å²) < 4.78 is 17.4. The van der Waals surface area contributed by atoms with E-state index in [-0.39, 0.29) is 0 Å². The molecule has 0 spiro atoms. The number of halogens is 1. The summed E-state index contributed by atoms with van der Waals surface area (Å²) in [6.07, 6.45) is 1.70. The van der Waals surface area contributed by atoms with Crippen molar-refractivity contribution in [3.63, 3.8) is 0 Å². The number of anilines is 1. The molecule has 0 fully saturated rings. The Hall–Kier alpha value is -2.14. The van der Waals surface area contributed by atoms with Gasteiger partial charge in [0.1, 0.15) is 12.4 Å². The van der Waals surface area contributed by atoms with Crippen LogP contribution < -0.4 is 19.5 Å². The van der Waals surface area contributed by atoms with E-state index in [2.05, 4.69) is 27.8 Å². The van der Waals surface area contributed by atoms with Crippen LogP contribution in [-0.2, 0) is 6.54 Å². The molecule has 0 heterocycles. The van der Waals surface area contributed by atoms with E-state index in [4.69, 9.17) is 14.2 Å². The van der Waals surface area contributed by atoms with Crippen LogP contribution in [0.2, 0.25) is 0 Å². The molecule has 0 aliphatic rings. The average Bonchev–Trinajstić information content (AvgIpc) is 2.60. The summed E-state index contributed by atoms with van der Waals surface area (Å²) in [5.41, 5.74) is 2.11. The molecule has 2 rings (SSSR count). The highest BCUT2D eigenvalue weighted by Crippen LogP contribution is 2.36. The van der Waals surface area contributed by atoms with Gasteiger partial charge in [-0.15, -0.1) is 0 Å². The van der Waals surface area contributed by atoms with Gasteiger partial charge in [0.25, 0.3) is 0 Å². The van der Waals surface area contributed by atoms with Gasteiger partial charge in [-0.05, 0) is 64.8 Å². The lowest BCUT2D eigenvalue weighted by molar-refractivity contribution is 0.324. The zero-order valence-corrected chi connectivity index (χ0v) is 15.6. The van der Waals surface area contributed by atoms with Gasteiger partial charge in [0, 0.05) is 12.2 Å². The molecule has 0 aliphatic carbocycles. The lowest BCUT2D eigenvalue weighted by Gasteiger charge is -2.14. The highest BCUT2D eigenvalue weighted by atomic mass is 79.9. The average molecular weight is 392 g/mol. The van der Waals surface area contributed by atoms with E-state index in [1.807, 2.05) is 43.3 Å². The molecule has 2 aromatic rings.